The molecule has 6 heteroatoms. The summed E-state index contributed by atoms with van der Waals surface area (Å²) in [5, 5.41) is 4.92. The van der Waals surface area contributed by atoms with Gasteiger partial charge in [-0.05, 0) is 43.8 Å². The van der Waals surface area contributed by atoms with Crippen molar-refractivity contribution in [1.82, 2.24) is 10.2 Å². The molecular weight excluding hydrogens is 294 g/mol. The second-order valence-electron chi connectivity index (χ2n) is 5.78. The van der Waals surface area contributed by atoms with Gasteiger partial charge in [0.05, 0.1) is 0 Å². The number of benzene rings is 1. The van der Waals surface area contributed by atoms with E-state index in [1.54, 1.807) is 14.0 Å². The van der Waals surface area contributed by atoms with Gasteiger partial charge in [-0.15, -0.1) is 0 Å². The largest absolute Gasteiger partial charge is 0.388 e. The summed E-state index contributed by atoms with van der Waals surface area (Å²) in [5.74, 6) is -2.90. The summed E-state index contributed by atoms with van der Waals surface area (Å²) < 4.78 is 31.9. The number of hydrogen-bond donors (Lipinski definition) is 2. The molecule has 2 aliphatic heterocycles. The number of nitrogens with one attached hydrogen (secondary N) is 2. The molecule has 2 aliphatic rings. The van der Waals surface area contributed by atoms with Gasteiger partial charge in [0, 0.05) is 42.3 Å². The van der Waals surface area contributed by atoms with E-state index in [9.17, 15) is 14.4 Å². The minimum atomic E-state index is -2.95. The van der Waals surface area contributed by atoms with Crippen LogP contribution in [0.2, 0.25) is 0 Å². The molecule has 0 spiro atoms. The van der Waals surface area contributed by atoms with Crippen molar-refractivity contribution in [3.8, 4) is 0 Å². The Labute approximate surface area is 140 Å². The SMILES string of the molecule is [2H]C1([2H])C(=O)NC(=O)C(N2Cc3c(NC)c(C)c(C)c(C)c3C2=O)C1([2H])[2H]. The molecule has 3 rings (SSSR count). The summed E-state index contributed by atoms with van der Waals surface area (Å²) in [7, 11) is 1.72. The van der Waals surface area contributed by atoms with Crippen LogP contribution in [0.25, 0.3) is 0 Å². The molecule has 1 aromatic rings. The lowest BCUT2D eigenvalue weighted by Crippen LogP contribution is -2.52. The molecule has 1 unspecified atom stereocenters. The van der Waals surface area contributed by atoms with E-state index in [1.165, 1.54) is 0 Å². The van der Waals surface area contributed by atoms with Crippen LogP contribution >= 0.6 is 0 Å². The first-order valence-electron chi connectivity index (χ1n) is 9.34. The van der Waals surface area contributed by atoms with Crippen molar-refractivity contribution in [1.29, 1.82) is 0 Å². The van der Waals surface area contributed by atoms with Crippen LogP contribution in [-0.4, -0.2) is 35.7 Å². The second kappa shape index (κ2) is 5.37. The maximum Gasteiger partial charge on any atom is 0.255 e. The van der Waals surface area contributed by atoms with Crippen molar-refractivity contribution in [2.24, 2.45) is 0 Å². The molecule has 1 atom stereocenters. The van der Waals surface area contributed by atoms with E-state index in [-0.39, 0.29) is 6.54 Å². The number of amides is 3. The van der Waals surface area contributed by atoms with Crippen LogP contribution in [0.4, 0.5) is 5.69 Å². The Balaban J connectivity index is 2.15. The highest BCUT2D eigenvalue weighted by atomic mass is 16.2. The molecule has 2 heterocycles. The molecule has 1 fully saturated rings. The molecule has 1 aromatic carbocycles. The fourth-order valence-electron chi connectivity index (χ4n) is 3.24. The van der Waals surface area contributed by atoms with Gasteiger partial charge in [0.1, 0.15) is 6.04 Å². The molecule has 0 radical (unpaired) electrons. The van der Waals surface area contributed by atoms with Crippen molar-refractivity contribution in [3.05, 3.63) is 27.8 Å². The number of hydrogen-bond acceptors (Lipinski definition) is 4. The second-order valence-corrected chi connectivity index (χ2v) is 5.78. The molecule has 6 nitrogen and oxygen atoms in total. The quantitative estimate of drug-likeness (QED) is 0.808. The van der Waals surface area contributed by atoms with Gasteiger partial charge < -0.3 is 10.2 Å². The number of nitrogens with zero attached hydrogens (tertiary/aromatic N) is 1. The number of carbonyl (C=O) groups excluding carboxylic acids is 3. The lowest BCUT2D eigenvalue weighted by atomic mass is 9.93. The Morgan fingerprint density at radius 3 is 2.52 bits per heavy atom. The monoisotopic (exact) mass is 319 g/mol. The van der Waals surface area contributed by atoms with Gasteiger partial charge in [0.15, 0.2) is 0 Å². The average Bonchev–Trinajstić information content (AvgIpc) is 2.89. The Morgan fingerprint density at radius 1 is 1.17 bits per heavy atom. The van der Waals surface area contributed by atoms with Crippen LogP contribution < -0.4 is 10.6 Å². The zero-order valence-electron chi connectivity index (χ0n) is 17.5. The maximum atomic E-state index is 13.1. The molecular formula is C17H21N3O3. The zero-order valence-corrected chi connectivity index (χ0v) is 13.5. The van der Waals surface area contributed by atoms with Gasteiger partial charge in [0.25, 0.3) is 5.91 Å². The predicted molar refractivity (Wildman–Crippen MR) is 86.2 cm³/mol. The van der Waals surface area contributed by atoms with Crippen LogP contribution in [0.15, 0.2) is 0 Å². The fourth-order valence-corrected chi connectivity index (χ4v) is 3.24. The molecule has 1 saturated heterocycles. The fraction of sp³-hybridized carbons (Fsp3) is 0.471. The van der Waals surface area contributed by atoms with Gasteiger partial charge in [-0.2, -0.15) is 0 Å². The first-order valence-corrected chi connectivity index (χ1v) is 7.34. The number of imide groups is 1. The van der Waals surface area contributed by atoms with Crippen molar-refractivity contribution < 1.29 is 19.9 Å². The van der Waals surface area contributed by atoms with E-state index >= 15 is 0 Å². The molecule has 0 aliphatic carbocycles. The summed E-state index contributed by atoms with van der Waals surface area (Å²) >= 11 is 0. The van der Waals surface area contributed by atoms with E-state index in [0.29, 0.717) is 11.1 Å². The van der Waals surface area contributed by atoms with Crippen LogP contribution in [0.1, 0.15) is 50.8 Å². The third-order valence-electron chi connectivity index (χ3n) is 4.65. The Bertz CT molecular complexity index is 898. The Hall–Kier alpha value is -2.37. The minimum absolute atomic E-state index is 0.0475. The first-order chi connectivity index (χ1) is 12.4. The molecule has 3 amide bonds. The summed E-state index contributed by atoms with van der Waals surface area (Å²) in [4.78, 5) is 38.3. The van der Waals surface area contributed by atoms with E-state index in [4.69, 9.17) is 5.48 Å². The molecule has 0 saturated carbocycles. The summed E-state index contributed by atoms with van der Waals surface area (Å²) in [6, 6.07) is -1.75. The van der Waals surface area contributed by atoms with E-state index in [2.05, 4.69) is 5.32 Å². The van der Waals surface area contributed by atoms with Gasteiger partial charge in [-0.1, -0.05) is 0 Å². The highest BCUT2D eigenvalue weighted by Gasteiger charge is 2.41. The molecule has 0 bridgehead atoms. The van der Waals surface area contributed by atoms with Gasteiger partial charge in [-0.3, -0.25) is 19.7 Å². The van der Waals surface area contributed by atoms with Crippen LogP contribution in [-0.2, 0) is 16.1 Å². The lowest BCUT2D eigenvalue weighted by Gasteiger charge is -2.29. The molecule has 23 heavy (non-hydrogen) atoms. The standard InChI is InChI=1S/C17H21N3O3/c1-8-9(2)14-11(15(18-4)10(8)3)7-20(17(14)23)12-5-6-13(21)19-16(12)22/h12,18H,5-7H2,1-4H3,(H,19,21,22)/i5D2,6D2. The van der Waals surface area contributed by atoms with Crippen molar-refractivity contribution in [2.45, 2.75) is 46.1 Å². The first kappa shape index (κ1) is 11.2. The van der Waals surface area contributed by atoms with E-state index < -0.39 is 36.5 Å². The molecule has 2 N–H and O–H groups in total. The highest BCUT2D eigenvalue weighted by Crippen LogP contribution is 2.38. The molecule has 0 aromatic heterocycles. The highest BCUT2D eigenvalue weighted by molar-refractivity contribution is 6.07. The van der Waals surface area contributed by atoms with Crippen molar-refractivity contribution in [2.75, 3.05) is 12.4 Å². The normalized spacial score (nSPS) is 27.6. The lowest BCUT2D eigenvalue weighted by molar-refractivity contribution is -0.136. The van der Waals surface area contributed by atoms with Gasteiger partial charge >= 0.3 is 0 Å². The van der Waals surface area contributed by atoms with Gasteiger partial charge in [0.2, 0.25) is 11.8 Å². The minimum Gasteiger partial charge on any atom is -0.388 e. The van der Waals surface area contributed by atoms with Crippen molar-refractivity contribution in [3.63, 3.8) is 0 Å². The van der Waals surface area contributed by atoms with Crippen LogP contribution in [0.5, 0.6) is 0 Å². The van der Waals surface area contributed by atoms with Gasteiger partial charge in [-0.25, -0.2) is 0 Å². The number of carbonyl (C=O) groups is 3. The number of anilines is 1. The average molecular weight is 319 g/mol. The van der Waals surface area contributed by atoms with Crippen molar-refractivity contribution >= 4 is 23.4 Å². The summed E-state index contributed by atoms with van der Waals surface area (Å²) in [5.41, 5.74) is 4.37. The maximum absolute atomic E-state index is 13.1. The zero-order chi connectivity index (χ0) is 20.5. The third kappa shape index (κ3) is 2.20. The molecule has 122 valence electrons. The van der Waals surface area contributed by atoms with E-state index in [1.807, 2.05) is 19.2 Å². The topological polar surface area (TPSA) is 78.5 Å². The number of fused-ring (bicyclic) bond motifs is 1. The van der Waals surface area contributed by atoms with Crippen LogP contribution in [0, 0.1) is 20.8 Å². The Kier molecular flexibility index (Phi) is 2.62. The number of rotatable bonds is 2. The van der Waals surface area contributed by atoms with Crippen LogP contribution in [0.3, 0.4) is 0 Å². The number of piperidine rings is 1. The summed E-state index contributed by atoms with van der Waals surface area (Å²) in [6.45, 7) is 5.53. The summed E-state index contributed by atoms with van der Waals surface area (Å²) in [6.07, 6.45) is -5.82. The Morgan fingerprint density at radius 2 is 1.87 bits per heavy atom. The smallest absolute Gasteiger partial charge is 0.255 e. The van der Waals surface area contributed by atoms with E-state index in [0.717, 1.165) is 27.3 Å². The third-order valence-corrected chi connectivity index (χ3v) is 4.65. The predicted octanol–water partition coefficient (Wildman–Crippen LogP) is 1.41.